The smallest absolute Gasteiger partial charge is 0.310 e. The van der Waals surface area contributed by atoms with Gasteiger partial charge in [0.15, 0.2) is 6.10 Å². The number of fused-ring (bicyclic) bond motifs is 1. The molecule has 2 aliphatic carbocycles. The molecule has 126 valence electrons. The van der Waals surface area contributed by atoms with Gasteiger partial charge in [-0.05, 0) is 37.8 Å². The quantitative estimate of drug-likeness (QED) is 0.618. The molecule has 0 spiro atoms. The largest absolute Gasteiger partial charge is 0.462 e. The van der Waals surface area contributed by atoms with Crippen LogP contribution in [0.5, 0.6) is 0 Å². The van der Waals surface area contributed by atoms with Crippen molar-refractivity contribution in [2.45, 2.75) is 32.0 Å². The van der Waals surface area contributed by atoms with Crippen molar-refractivity contribution in [1.29, 1.82) is 0 Å². The predicted octanol–water partition coefficient (Wildman–Crippen LogP) is 2.65. The Hall–Kier alpha value is -1.88. The van der Waals surface area contributed by atoms with Crippen LogP contribution in [-0.2, 0) is 19.1 Å². The molecule has 0 radical (unpaired) electrons. The first-order valence-corrected chi connectivity index (χ1v) is 8.54. The predicted molar refractivity (Wildman–Crippen MR) is 84.4 cm³/mol. The van der Waals surface area contributed by atoms with Gasteiger partial charge in [-0.25, -0.2) is 0 Å². The highest BCUT2D eigenvalue weighted by Gasteiger charge is 2.64. The summed E-state index contributed by atoms with van der Waals surface area (Å²) in [4.78, 5) is 37.0. The highest BCUT2D eigenvalue weighted by atomic mass is 35.5. The van der Waals surface area contributed by atoms with Crippen LogP contribution < -0.4 is 0 Å². The second-order valence-electron chi connectivity index (χ2n) is 6.88. The molecular weight excluding hydrogens is 332 g/mol. The van der Waals surface area contributed by atoms with Crippen molar-refractivity contribution in [2.75, 3.05) is 0 Å². The number of Topliss-reactive ketones (excluding diaryl/α,β-unsaturated/α-hetero) is 1. The molecule has 3 fully saturated rings. The Labute approximate surface area is 144 Å². The zero-order chi connectivity index (χ0) is 17.0. The van der Waals surface area contributed by atoms with Crippen LogP contribution in [0.15, 0.2) is 24.3 Å². The van der Waals surface area contributed by atoms with Gasteiger partial charge in [0, 0.05) is 16.5 Å². The van der Waals surface area contributed by atoms with Crippen LogP contribution in [0.4, 0.5) is 0 Å². The summed E-state index contributed by atoms with van der Waals surface area (Å²) >= 11 is 5.89. The molecule has 24 heavy (non-hydrogen) atoms. The second kappa shape index (κ2) is 5.59. The summed E-state index contributed by atoms with van der Waals surface area (Å²) in [5, 5.41) is 0.451. The molecule has 6 heteroatoms. The van der Waals surface area contributed by atoms with E-state index < -0.39 is 23.9 Å². The van der Waals surface area contributed by atoms with Crippen LogP contribution >= 0.6 is 11.6 Å². The lowest BCUT2D eigenvalue weighted by Crippen LogP contribution is -2.36. The zero-order valence-electron chi connectivity index (χ0n) is 13.1. The monoisotopic (exact) mass is 348 g/mol. The number of carbonyl (C=O) groups excluding carboxylic acids is 3. The van der Waals surface area contributed by atoms with E-state index in [-0.39, 0.29) is 29.7 Å². The number of benzene rings is 1. The summed E-state index contributed by atoms with van der Waals surface area (Å²) in [5.74, 6) is -1.67. The molecule has 1 aliphatic heterocycles. The molecule has 2 saturated carbocycles. The number of rotatable bonds is 4. The van der Waals surface area contributed by atoms with Crippen LogP contribution in [-0.4, -0.2) is 29.9 Å². The zero-order valence-corrected chi connectivity index (χ0v) is 13.9. The van der Waals surface area contributed by atoms with E-state index in [4.69, 9.17) is 21.1 Å². The van der Waals surface area contributed by atoms with Crippen LogP contribution in [0.1, 0.15) is 30.1 Å². The topological polar surface area (TPSA) is 69.7 Å². The molecule has 3 aliphatic rings. The SMILES string of the molecule is C[C@@H](OC(=O)[C@@H]1[C@@H]2C[C@H]3[C@@H]1C(=O)O[C@@H]3C2)C(=O)c1cccc(Cl)c1. The number of halogens is 1. The molecule has 1 saturated heterocycles. The fourth-order valence-corrected chi connectivity index (χ4v) is 4.70. The Kier molecular flexibility index (Phi) is 3.64. The number of ketones is 1. The van der Waals surface area contributed by atoms with Crippen molar-refractivity contribution in [3.63, 3.8) is 0 Å². The molecule has 2 bridgehead atoms. The molecule has 6 atom stereocenters. The van der Waals surface area contributed by atoms with Gasteiger partial charge in [-0.15, -0.1) is 0 Å². The lowest BCUT2D eigenvalue weighted by Gasteiger charge is -2.24. The van der Waals surface area contributed by atoms with Crippen molar-refractivity contribution in [3.8, 4) is 0 Å². The van der Waals surface area contributed by atoms with Gasteiger partial charge in [0.25, 0.3) is 0 Å². The summed E-state index contributed by atoms with van der Waals surface area (Å²) in [6.45, 7) is 1.55. The molecule has 1 aromatic rings. The standard InChI is InChI=1S/C18H17ClO5/c1-8(16(20)9-3-2-4-11(19)5-9)23-17(21)14-10-6-12-13(7-10)24-18(22)15(12)14/h2-5,8,10,12-15H,6-7H2,1H3/t8-,10-,12-,13-,14-,15+/m1/s1. The molecule has 1 aromatic carbocycles. The normalized spacial score (nSPS) is 34.1. The minimum atomic E-state index is -0.914. The van der Waals surface area contributed by atoms with Gasteiger partial charge in [0.2, 0.25) is 5.78 Å². The van der Waals surface area contributed by atoms with E-state index in [1.165, 1.54) is 0 Å². The molecular formula is C18H17ClO5. The van der Waals surface area contributed by atoms with Gasteiger partial charge in [-0.2, -0.15) is 0 Å². The van der Waals surface area contributed by atoms with E-state index in [0.29, 0.717) is 10.6 Å². The van der Waals surface area contributed by atoms with Gasteiger partial charge in [0.05, 0.1) is 11.8 Å². The van der Waals surface area contributed by atoms with Crippen LogP contribution in [0.3, 0.4) is 0 Å². The maximum atomic E-state index is 12.6. The Morgan fingerprint density at radius 3 is 2.88 bits per heavy atom. The third kappa shape index (κ3) is 2.34. The van der Waals surface area contributed by atoms with Crippen LogP contribution in [0.25, 0.3) is 0 Å². The lowest BCUT2D eigenvalue weighted by molar-refractivity contribution is -0.157. The van der Waals surface area contributed by atoms with Gasteiger partial charge in [0.1, 0.15) is 6.10 Å². The summed E-state index contributed by atoms with van der Waals surface area (Å²) in [6.07, 6.45) is 0.617. The molecule has 0 unspecified atom stereocenters. The fraction of sp³-hybridized carbons (Fsp3) is 0.500. The maximum Gasteiger partial charge on any atom is 0.310 e. The molecule has 0 aromatic heterocycles. The van der Waals surface area contributed by atoms with Gasteiger partial charge in [-0.3, -0.25) is 14.4 Å². The minimum Gasteiger partial charge on any atom is -0.462 e. The average Bonchev–Trinajstić information content (AvgIpc) is 3.15. The summed E-state index contributed by atoms with van der Waals surface area (Å²) in [5.41, 5.74) is 0.399. The first kappa shape index (κ1) is 15.6. The third-order valence-corrected chi connectivity index (χ3v) is 5.76. The molecule has 0 N–H and O–H groups in total. The molecule has 0 amide bonds. The Balaban J connectivity index is 1.46. The average molecular weight is 349 g/mol. The molecule has 1 heterocycles. The highest BCUT2D eigenvalue weighted by molar-refractivity contribution is 6.31. The minimum absolute atomic E-state index is 0.0259. The van der Waals surface area contributed by atoms with E-state index in [1.54, 1.807) is 31.2 Å². The van der Waals surface area contributed by atoms with Crippen molar-refractivity contribution in [3.05, 3.63) is 34.9 Å². The molecule has 4 rings (SSSR count). The number of hydrogen-bond donors (Lipinski definition) is 0. The van der Waals surface area contributed by atoms with Crippen LogP contribution in [0, 0.1) is 23.7 Å². The number of ether oxygens (including phenoxy) is 2. The van der Waals surface area contributed by atoms with E-state index >= 15 is 0 Å². The van der Waals surface area contributed by atoms with E-state index in [0.717, 1.165) is 12.8 Å². The van der Waals surface area contributed by atoms with Crippen molar-refractivity contribution in [1.82, 2.24) is 0 Å². The van der Waals surface area contributed by atoms with Crippen LogP contribution in [0.2, 0.25) is 5.02 Å². The van der Waals surface area contributed by atoms with Gasteiger partial charge >= 0.3 is 11.9 Å². The summed E-state index contributed by atoms with van der Waals surface area (Å²) in [6, 6.07) is 6.53. The third-order valence-electron chi connectivity index (χ3n) is 5.53. The van der Waals surface area contributed by atoms with Crippen molar-refractivity contribution < 1.29 is 23.9 Å². The van der Waals surface area contributed by atoms with Gasteiger partial charge < -0.3 is 9.47 Å². The van der Waals surface area contributed by atoms with Gasteiger partial charge in [-0.1, -0.05) is 23.7 Å². The van der Waals surface area contributed by atoms with E-state index in [1.807, 2.05) is 0 Å². The Morgan fingerprint density at radius 1 is 1.33 bits per heavy atom. The second-order valence-corrected chi connectivity index (χ2v) is 7.31. The first-order chi connectivity index (χ1) is 11.5. The lowest BCUT2D eigenvalue weighted by atomic mass is 9.80. The van der Waals surface area contributed by atoms with Crippen molar-refractivity contribution >= 4 is 29.3 Å². The number of carbonyl (C=O) groups is 3. The Bertz CT molecular complexity index is 728. The maximum absolute atomic E-state index is 12.6. The highest BCUT2D eigenvalue weighted by Crippen LogP contribution is 2.58. The van der Waals surface area contributed by atoms with Crippen molar-refractivity contribution in [2.24, 2.45) is 23.7 Å². The van der Waals surface area contributed by atoms with E-state index in [2.05, 4.69) is 0 Å². The first-order valence-electron chi connectivity index (χ1n) is 8.16. The fourth-order valence-electron chi connectivity index (χ4n) is 4.51. The summed E-state index contributed by atoms with van der Waals surface area (Å²) < 4.78 is 10.7. The van der Waals surface area contributed by atoms with E-state index in [9.17, 15) is 14.4 Å². The Morgan fingerprint density at radius 2 is 2.12 bits per heavy atom. The molecule has 5 nitrogen and oxygen atoms in total. The summed E-state index contributed by atoms with van der Waals surface area (Å²) in [7, 11) is 0. The number of esters is 2. The number of hydrogen-bond acceptors (Lipinski definition) is 5.